The molecule has 1 aromatic rings. The molecule has 0 aromatic heterocycles. The number of carbonyl (C=O) groups excluding carboxylic acids is 3. The Balaban J connectivity index is 1.46. The molecule has 3 N–H and O–H groups in total. The summed E-state index contributed by atoms with van der Waals surface area (Å²) in [5.41, 5.74) is 1.01. The Hall–Kier alpha value is -2.06. The molecule has 3 heterocycles. The number of benzene rings is 1. The van der Waals surface area contributed by atoms with Crippen LogP contribution in [0.4, 0.5) is 0 Å². The lowest BCUT2D eigenvalue weighted by atomic mass is 9.65. The molecular weight excluding hydrogens is 498 g/mol. The minimum absolute atomic E-state index is 0.0135. The van der Waals surface area contributed by atoms with Crippen molar-refractivity contribution < 1.29 is 19.5 Å². The van der Waals surface area contributed by atoms with E-state index in [2.05, 4.69) is 31.4 Å². The van der Waals surface area contributed by atoms with Crippen LogP contribution in [0.25, 0.3) is 0 Å². The fourth-order valence-electron chi connectivity index (χ4n) is 7.70. The van der Waals surface area contributed by atoms with E-state index in [0.29, 0.717) is 13.0 Å². The molecular formula is C30H43N3O4S. The lowest BCUT2D eigenvalue weighted by molar-refractivity contribution is -0.143. The van der Waals surface area contributed by atoms with Gasteiger partial charge in [-0.25, -0.2) is 0 Å². The maximum Gasteiger partial charge on any atom is 0.244 e. The highest BCUT2D eigenvalue weighted by Crippen LogP contribution is 2.68. The van der Waals surface area contributed by atoms with E-state index in [9.17, 15) is 19.5 Å². The molecule has 7 atom stereocenters. The average Bonchev–Trinajstić information content (AvgIpc) is 3.50. The summed E-state index contributed by atoms with van der Waals surface area (Å²) in [4.78, 5) is 43.9. The monoisotopic (exact) mass is 541 g/mol. The number of nitrogens with zero attached hydrogens (tertiary/aromatic N) is 1. The van der Waals surface area contributed by atoms with Crippen LogP contribution in [-0.4, -0.2) is 62.5 Å². The number of rotatable bonds is 9. The highest BCUT2D eigenvalue weighted by atomic mass is 32.2. The fraction of sp³-hybridized carbons (Fsp3) is 0.700. The number of nitrogens with one attached hydrogen (secondary N) is 2. The summed E-state index contributed by atoms with van der Waals surface area (Å²) in [5, 5.41) is 16.9. The quantitative estimate of drug-likeness (QED) is 0.445. The Morgan fingerprint density at radius 1 is 1.13 bits per heavy atom. The van der Waals surface area contributed by atoms with Crippen molar-refractivity contribution >= 4 is 29.5 Å². The van der Waals surface area contributed by atoms with Gasteiger partial charge in [0.1, 0.15) is 6.04 Å². The number of fused-ring (bicyclic) bond motifs is 1. The predicted octanol–water partition coefficient (Wildman–Crippen LogP) is 3.50. The molecule has 4 aliphatic rings. The summed E-state index contributed by atoms with van der Waals surface area (Å²) in [6, 6.07) is 8.81. The van der Waals surface area contributed by atoms with Crippen molar-refractivity contribution in [3.8, 4) is 0 Å². The number of hydrogen-bond acceptors (Lipinski definition) is 5. The molecule has 2 bridgehead atoms. The fourth-order valence-corrected chi connectivity index (χ4v) is 10.1. The van der Waals surface area contributed by atoms with E-state index in [0.717, 1.165) is 37.7 Å². The first kappa shape index (κ1) is 27.5. The second-order valence-electron chi connectivity index (χ2n) is 12.3. The first-order valence-electron chi connectivity index (χ1n) is 14.5. The van der Waals surface area contributed by atoms with Gasteiger partial charge in [-0.05, 0) is 43.1 Å². The molecule has 208 valence electrons. The van der Waals surface area contributed by atoms with E-state index in [1.807, 2.05) is 30.3 Å². The van der Waals surface area contributed by atoms with Crippen LogP contribution in [0.2, 0.25) is 0 Å². The van der Waals surface area contributed by atoms with Gasteiger partial charge < -0.3 is 20.6 Å². The van der Waals surface area contributed by atoms with Crippen molar-refractivity contribution in [3.05, 3.63) is 35.9 Å². The van der Waals surface area contributed by atoms with Crippen LogP contribution in [0, 0.1) is 23.7 Å². The lowest BCUT2D eigenvalue weighted by Gasteiger charge is -2.41. The van der Waals surface area contributed by atoms with Gasteiger partial charge in [0, 0.05) is 17.8 Å². The predicted molar refractivity (Wildman–Crippen MR) is 149 cm³/mol. The molecule has 7 nitrogen and oxygen atoms in total. The SMILES string of the molecule is CC(C)C[C@H](CO)N1C(=O)[C@@H]2[C@H](C(=O)NCc3ccccc3)[C@@H]3CC(C)C2(S3)C1C(=O)NC1CCCCC1. The van der Waals surface area contributed by atoms with Gasteiger partial charge in [0.25, 0.3) is 0 Å². The number of likely N-dealkylation sites (tertiary alicyclic amines) is 1. The molecule has 0 radical (unpaired) electrons. The van der Waals surface area contributed by atoms with Gasteiger partial charge in [0.2, 0.25) is 17.7 Å². The van der Waals surface area contributed by atoms with Crippen molar-refractivity contribution in [1.82, 2.24) is 15.5 Å². The van der Waals surface area contributed by atoms with Crippen molar-refractivity contribution in [3.63, 3.8) is 0 Å². The van der Waals surface area contributed by atoms with Crippen molar-refractivity contribution in [2.24, 2.45) is 23.7 Å². The van der Waals surface area contributed by atoms with Gasteiger partial charge in [0.15, 0.2) is 0 Å². The Bertz CT molecular complexity index is 1030. The zero-order chi connectivity index (χ0) is 27.0. The molecule has 4 fully saturated rings. The molecule has 5 rings (SSSR count). The number of carbonyl (C=O) groups is 3. The van der Waals surface area contributed by atoms with Crippen LogP contribution in [0.5, 0.6) is 0 Å². The van der Waals surface area contributed by atoms with Gasteiger partial charge in [-0.3, -0.25) is 14.4 Å². The third kappa shape index (κ3) is 4.76. The Labute approximate surface area is 230 Å². The van der Waals surface area contributed by atoms with Gasteiger partial charge in [-0.15, -0.1) is 11.8 Å². The van der Waals surface area contributed by atoms with E-state index in [-0.39, 0.29) is 47.5 Å². The van der Waals surface area contributed by atoms with Gasteiger partial charge in [-0.1, -0.05) is 70.4 Å². The summed E-state index contributed by atoms with van der Waals surface area (Å²) in [6.07, 6.45) is 6.77. The molecule has 3 amide bonds. The average molecular weight is 542 g/mol. The number of aliphatic hydroxyl groups excluding tert-OH is 1. The number of aliphatic hydroxyl groups is 1. The second kappa shape index (κ2) is 11.2. The topological polar surface area (TPSA) is 98.7 Å². The third-order valence-corrected chi connectivity index (χ3v) is 11.4. The van der Waals surface area contributed by atoms with Gasteiger partial charge in [-0.2, -0.15) is 0 Å². The minimum Gasteiger partial charge on any atom is -0.394 e. The molecule has 3 unspecified atom stereocenters. The van der Waals surface area contributed by atoms with Crippen LogP contribution in [-0.2, 0) is 20.9 Å². The molecule has 3 aliphatic heterocycles. The Morgan fingerprint density at radius 2 is 1.84 bits per heavy atom. The van der Waals surface area contributed by atoms with E-state index >= 15 is 0 Å². The molecule has 1 aliphatic carbocycles. The second-order valence-corrected chi connectivity index (χ2v) is 13.9. The van der Waals surface area contributed by atoms with Crippen LogP contribution < -0.4 is 10.6 Å². The number of thioether (sulfide) groups is 1. The minimum atomic E-state index is -0.672. The molecule has 3 saturated heterocycles. The normalized spacial score (nSPS) is 33.4. The van der Waals surface area contributed by atoms with Crippen molar-refractivity contribution in [2.75, 3.05) is 6.61 Å². The van der Waals surface area contributed by atoms with Crippen LogP contribution in [0.1, 0.15) is 71.3 Å². The Kier molecular flexibility index (Phi) is 8.11. The molecule has 1 spiro atoms. The van der Waals surface area contributed by atoms with Crippen LogP contribution in [0.15, 0.2) is 30.3 Å². The summed E-state index contributed by atoms with van der Waals surface area (Å²) in [6.45, 7) is 6.52. The summed E-state index contributed by atoms with van der Waals surface area (Å²) >= 11 is 1.70. The third-order valence-electron chi connectivity index (χ3n) is 9.34. The molecule has 1 saturated carbocycles. The first-order chi connectivity index (χ1) is 18.3. The van der Waals surface area contributed by atoms with E-state index in [4.69, 9.17) is 0 Å². The zero-order valence-electron chi connectivity index (χ0n) is 22.9. The highest BCUT2D eigenvalue weighted by Gasteiger charge is 2.76. The van der Waals surface area contributed by atoms with Gasteiger partial charge >= 0.3 is 0 Å². The highest BCUT2D eigenvalue weighted by molar-refractivity contribution is 8.02. The van der Waals surface area contributed by atoms with E-state index in [1.54, 1.807) is 16.7 Å². The Morgan fingerprint density at radius 3 is 2.50 bits per heavy atom. The summed E-state index contributed by atoms with van der Waals surface area (Å²) in [7, 11) is 0. The molecule has 38 heavy (non-hydrogen) atoms. The van der Waals surface area contributed by atoms with E-state index < -0.39 is 28.7 Å². The van der Waals surface area contributed by atoms with Crippen molar-refractivity contribution in [1.29, 1.82) is 0 Å². The van der Waals surface area contributed by atoms with Gasteiger partial charge in [0.05, 0.1) is 29.2 Å². The largest absolute Gasteiger partial charge is 0.394 e. The maximum absolute atomic E-state index is 14.3. The van der Waals surface area contributed by atoms with Crippen molar-refractivity contribution in [2.45, 2.75) is 100 Å². The maximum atomic E-state index is 14.3. The number of hydrogen-bond donors (Lipinski definition) is 3. The molecule has 8 heteroatoms. The van der Waals surface area contributed by atoms with Crippen LogP contribution >= 0.6 is 11.8 Å². The summed E-state index contributed by atoms with van der Waals surface area (Å²) in [5.74, 6) is -0.978. The smallest absolute Gasteiger partial charge is 0.244 e. The molecule has 1 aromatic carbocycles. The first-order valence-corrected chi connectivity index (χ1v) is 15.4. The van der Waals surface area contributed by atoms with Crippen LogP contribution in [0.3, 0.4) is 0 Å². The zero-order valence-corrected chi connectivity index (χ0v) is 23.7. The summed E-state index contributed by atoms with van der Waals surface area (Å²) < 4.78 is -0.653. The standard InChI is InChI=1S/C30H43N3O4S/c1-18(2)14-22(17-34)33-26(28(36)32-21-12-8-5-9-13-21)30-19(3)15-23(38-30)24(25(30)29(33)37)27(35)31-16-20-10-6-4-7-11-20/h4,6-7,10-11,18-19,21-26,34H,5,8-9,12-17H2,1-3H3,(H,31,35)(H,32,36)/t19?,22-,23+,24-,25+,26?,30?/m1/s1. The van der Waals surface area contributed by atoms with E-state index in [1.165, 1.54) is 6.42 Å². The number of amides is 3. The lowest BCUT2D eigenvalue weighted by Crippen LogP contribution is -2.60.